The van der Waals surface area contributed by atoms with Gasteiger partial charge < -0.3 is 0 Å². The van der Waals surface area contributed by atoms with Crippen molar-refractivity contribution in [2.75, 3.05) is 6.16 Å². The summed E-state index contributed by atoms with van der Waals surface area (Å²) in [5, 5.41) is 0. The predicted molar refractivity (Wildman–Crippen MR) is 73.0 cm³/mol. The molecule has 1 unspecified atom stereocenters. The van der Waals surface area contributed by atoms with Gasteiger partial charge in [0.25, 0.3) is 0 Å². The summed E-state index contributed by atoms with van der Waals surface area (Å²) < 4.78 is 0. The predicted octanol–water partition coefficient (Wildman–Crippen LogP) is 4.09. The van der Waals surface area contributed by atoms with E-state index in [9.17, 15) is 4.79 Å². The van der Waals surface area contributed by atoms with Crippen LogP contribution >= 0.6 is 8.58 Å². The number of carbonyl (C=O) groups is 1. The third kappa shape index (κ3) is 3.15. The Hall–Kier alpha value is -0.680. The molecule has 2 heteroatoms. The normalized spacial score (nSPS) is 11.6. The smallest absolute Gasteiger partial charge is 0.181 e. The molecule has 0 aliphatic carbocycles. The van der Waals surface area contributed by atoms with Crippen LogP contribution in [0.2, 0.25) is 0 Å². The second-order valence-corrected chi connectivity index (χ2v) is 6.02. The highest BCUT2D eigenvalue weighted by atomic mass is 31.1. The minimum Gasteiger partial charge on any atom is -0.289 e. The highest BCUT2D eigenvalue weighted by Crippen LogP contribution is 2.27. The quantitative estimate of drug-likeness (QED) is 0.720. The molecular weight excluding hydrogens is 215 g/mol. The molecule has 1 atom stereocenters. The van der Waals surface area contributed by atoms with Gasteiger partial charge in [0.2, 0.25) is 0 Å². The van der Waals surface area contributed by atoms with Crippen molar-refractivity contribution in [3.05, 3.63) is 34.4 Å². The molecule has 0 spiro atoms. The molecule has 16 heavy (non-hydrogen) atoms. The molecule has 0 aromatic heterocycles. The Morgan fingerprint density at radius 3 is 2.31 bits per heavy atom. The van der Waals surface area contributed by atoms with E-state index in [1.807, 2.05) is 6.92 Å². The van der Waals surface area contributed by atoms with E-state index in [1.165, 1.54) is 5.56 Å². The van der Waals surface area contributed by atoms with E-state index in [2.05, 4.69) is 39.8 Å². The number of hydrogen-bond donors (Lipinski definition) is 0. The Bertz CT molecular complexity index is 394. The van der Waals surface area contributed by atoms with Gasteiger partial charge in [0, 0.05) is 5.56 Å². The van der Waals surface area contributed by atoms with Crippen molar-refractivity contribution in [2.45, 2.75) is 34.6 Å². The minimum atomic E-state index is 0.326. The van der Waals surface area contributed by atoms with Crippen LogP contribution in [0.25, 0.3) is 0 Å². The lowest BCUT2D eigenvalue weighted by Gasteiger charge is -2.12. The molecule has 0 aliphatic rings. The van der Waals surface area contributed by atoms with Crippen LogP contribution in [0.1, 0.15) is 40.9 Å². The maximum Gasteiger partial charge on any atom is 0.181 e. The van der Waals surface area contributed by atoms with Crippen LogP contribution < -0.4 is 0 Å². The summed E-state index contributed by atoms with van der Waals surface area (Å²) in [4.78, 5) is 12.2. The summed E-state index contributed by atoms with van der Waals surface area (Å²) in [6.45, 7) is 10.5. The molecule has 0 radical (unpaired) electrons. The lowest BCUT2D eigenvalue weighted by atomic mass is 9.99. The van der Waals surface area contributed by atoms with Crippen LogP contribution in [-0.2, 0) is 0 Å². The summed E-state index contributed by atoms with van der Waals surface area (Å²) in [5.41, 5.74) is 4.76. The van der Waals surface area contributed by atoms with E-state index >= 15 is 0 Å². The van der Waals surface area contributed by atoms with Crippen molar-refractivity contribution in [1.29, 1.82) is 0 Å². The second kappa shape index (κ2) is 5.59. The lowest BCUT2D eigenvalue weighted by molar-refractivity contribution is 0.108. The van der Waals surface area contributed by atoms with Crippen molar-refractivity contribution >= 4 is 14.1 Å². The van der Waals surface area contributed by atoms with E-state index in [-0.39, 0.29) is 0 Å². The SMILES string of the molecule is Cc1ccc(C)c(C(=O)PCC(C)C)c1C. The molecule has 0 aliphatic heterocycles. The van der Waals surface area contributed by atoms with Gasteiger partial charge in [-0.1, -0.05) is 26.0 Å². The van der Waals surface area contributed by atoms with Crippen molar-refractivity contribution in [2.24, 2.45) is 5.92 Å². The van der Waals surface area contributed by atoms with Crippen LogP contribution in [0.5, 0.6) is 0 Å². The van der Waals surface area contributed by atoms with Gasteiger partial charge in [0.05, 0.1) is 0 Å². The van der Waals surface area contributed by atoms with Crippen LogP contribution in [0.15, 0.2) is 12.1 Å². The first-order valence-electron chi connectivity index (χ1n) is 5.78. The Kier molecular flexibility index (Phi) is 4.68. The molecular formula is C14H21OP. The van der Waals surface area contributed by atoms with Crippen molar-refractivity contribution in [1.82, 2.24) is 0 Å². The average molecular weight is 236 g/mol. The summed E-state index contributed by atoms with van der Waals surface area (Å²) in [7, 11) is 0.414. The van der Waals surface area contributed by atoms with Gasteiger partial charge in [0.15, 0.2) is 5.52 Å². The number of benzene rings is 1. The lowest BCUT2D eigenvalue weighted by Crippen LogP contribution is -2.03. The first-order chi connectivity index (χ1) is 7.43. The van der Waals surface area contributed by atoms with Crippen LogP contribution in [-0.4, -0.2) is 11.7 Å². The van der Waals surface area contributed by atoms with Crippen LogP contribution in [0, 0.1) is 26.7 Å². The van der Waals surface area contributed by atoms with E-state index in [4.69, 9.17) is 0 Å². The van der Waals surface area contributed by atoms with Crippen LogP contribution in [0.4, 0.5) is 0 Å². The molecule has 0 fully saturated rings. The van der Waals surface area contributed by atoms with E-state index in [1.54, 1.807) is 0 Å². The molecule has 88 valence electrons. The zero-order valence-electron chi connectivity index (χ0n) is 10.8. The second-order valence-electron chi connectivity index (χ2n) is 4.80. The maximum absolute atomic E-state index is 12.2. The van der Waals surface area contributed by atoms with Crippen molar-refractivity contribution in [3.63, 3.8) is 0 Å². The molecule has 0 amide bonds. The highest BCUT2D eigenvalue weighted by molar-refractivity contribution is 7.58. The topological polar surface area (TPSA) is 17.1 Å². The van der Waals surface area contributed by atoms with Gasteiger partial charge in [-0.25, -0.2) is 0 Å². The monoisotopic (exact) mass is 236 g/mol. The van der Waals surface area contributed by atoms with Crippen molar-refractivity contribution < 1.29 is 4.79 Å². The Labute approximate surface area is 100 Å². The fourth-order valence-corrected chi connectivity index (χ4v) is 2.84. The Morgan fingerprint density at radius 1 is 1.19 bits per heavy atom. The summed E-state index contributed by atoms with van der Waals surface area (Å²) in [6.07, 6.45) is 1.01. The summed E-state index contributed by atoms with van der Waals surface area (Å²) >= 11 is 0. The van der Waals surface area contributed by atoms with E-state index < -0.39 is 0 Å². The Balaban J connectivity index is 2.95. The van der Waals surface area contributed by atoms with E-state index in [0.29, 0.717) is 20.0 Å². The van der Waals surface area contributed by atoms with Crippen LogP contribution in [0.3, 0.4) is 0 Å². The number of aryl methyl sites for hydroxylation is 2. The number of hydrogen-bond acceptors (Lipinski definition) is 1. The molecule has 0 saturated carbocycles. The number of carbonyl (C=O) groups excluding carboxylic acids is 1. The van der Waals surface area contributed by atoms with Gasteiger partial charge >= 0.3 is 0 Å². The Morgan fingerprint density at radius 2 is 1.75 bits per heavy atom. The molecule has 0 saturated heterocycles. The molecule has 0 bridgehead atoms. The van der Waals surface area contributed by atoms with Gasteiger partial charge in [-0.2, -0.15) is 0 Å². The van der Waals surface area contributed by atoms with E-state index in [0.717, 1.165) is 22.9 Å². The largest absolute Gasteiger partial charge is 0.289 e. The maximum atomic E-state index is 12.2. The third-order valence-corrected chi connectivity index (χ3v) is 4.43. The van der Waals surface area contributed by atoms with Crippen molar-refractivity contribution in [3.8, 4) is 0 Å². The zero-order chi connectivity index (χ0) is 12.3. The molecule has 0 heterocycles. The summed E-state index contributed by atoms with van der Waals surface area (Å²) in [5.74, 6) is 0.604. The summed E-state index contributed by atoms with van der Waals surface area (Å²) in [6, 6.07) is 4.14. The van der Waals surface area contributed by atoms with Gasteiger partial charge in [-0.3, -0.25) is 4.79 Å². The van der Waals surface area contributed by atoms with Gasteiger partial charge in [-0.15, -0.1) is 0 Å². The fraction of sp³-hybridized carbons (Fsp3) is 0.500. The molecule has 0 N–H and O–H groups in total. The standard InChI is InChI=1S/C14H21OP/c1-9(2)8-16-14(15)13-11(4)7-6-10(3)12(13)5/h6-7,9,16H,8H2,1-5H3. The average Bonchev–Trinajstić information content (AvgIpc) is 2.21. The third-order valence-electron chi connectivity index (χ3n) is 2.84. The molecule has 1 aromatic rings. The molecule has 1 rings (SSSR count). The fourth-order valence-electron chi connectivity index (χ4n) is 1.69. The first-order valence-corrected chi connectivity index (χ1v) is 6.99. The molecule has 1 aromatic carbocycles. The minimum absolute atomic E-state index is 0.326. The van der Waals surface area contributed by atoms with Gasteiger partial charge in [0.1, 0.15) is 0 Å². The molecule has 1 nitrogen and oxygen atoms in total. The number of rotatable bonds is 4. The highest BCUT2D eigenvalue weighted by Gasteiger charge is 2.13. The van der Waals surface area contributed by atoms with Gasteiger partial charge in [-0.05, 0) is 58.1 Å². The zero-order valence-corrected chi connectivity index (χ0v) is 11.8. The first kappa shape index (κ1) is 13.4.